The molecular formula is C14H14F2N2. The third-order valence-corrected chi connectivity index (χ3v) is 2.59. The maximum atomic E-state index is 13.0. The van der Waals surface area contributed by atoms with Crippen molar-refractivity contribution >= 4 is 11.5 Å². The topological polar surface area (TPSA) is 24.9 Å². The summed E-state index contributed by atoms with van der Waals surface area (Å²) in [7, 11) is 0. The molecule has 1 heterocycles. The number of pyridine rings is 1. The molecule has 0 radical (unpaired) electrons. The Morgan fingerprint density at radius 3 is 2.22 bits per heavy atom. The first-order valence-corrected chi connectivity index (χ1v) is 5.63. The molecule has 94 valence electrons. The summed E-state index contributed by atoms with van der Waals surface area (Å²) in [6.45, 7) is 2.86. The minimum atomic E-state index is -2.85. The number of hydrogen-bond donors (Lipinski definition) is 1. The van der Waals surface area contributed by atoms with Crippen LogP contribution >= 0.6 is 0 Å². The molecule has 0 bridgehead atoms. The molecular weight excluding hydrogens is 234 g/mol. The molecule has 2 rings (SSSR count). The van der Waals surface area contributed by atoms with Crippen LogP contribution in [0.15, 0.2) is 42.6 Å². The van der Waals surface area contributed by atoms with Gasteiger partial charge in [-0.15, -0.1) is 0 Å². The van der Waals surface area contributed by atoms with E-state index >= 15 is 0 Å². The van der Waals surface area contributed by atoms with Crippen molar-refractivity contribution in [2.24, 2.45) is 0 Å². The average molecular weight is 248 g/mol. The van der Waals surface area contributed by atoms with Gasteiger partial charge >= 0.3 is 0 Å². The van der Waals surface area contributed by atoms with Crippen LogP contribution in [0.25, 0.3) is 0 Å². The van der Waals surface area contributed by atoms with Crippen molar-refractivity contribution in [1.29, 1.82) is 0 Å². The lowest BCUT2D eigenvalue weighted by Gasteiger charge is -2.11. The summed E-state index contributed by atoms with van der Waals surface area (Å²) in [5.41, 5.74) is 1.95. The fourth-order valence-electron chi connectivity index (χ4n) is 1.51. The van der Waals surface area contributed by atoms with Gasteiger partial charge in [0.15, 0.2) is 0 Å². The standard InChI is InChI=1S/C14H14F2N2/c1-10-3-6-12(7-4-10)18-13-8-5-11(9-17-13)14(2,15)16/h3-9H,1-2H3,(H,17,18). The van der Waals surface area contributed by atoms with E-state index in [-0.39, 0.29) is 5.56 Å². The van der Waals surface area contributed by atoms with Gasteiger partial charge < -0.3 is 5.32 Å². The zero-order valence-corrected chi connectivity index (χ0v) is 10.2. The number of anilines is 2. The Hall–Kier alpha value is -1.97. The monoisotopic (exact) mass is 248 g/mol. The summed E-state index contributed by atoms with van der Waals surface area (Å²) < 4.78 is 26.0. The number of hydrogen-bond acceptors (Lipinski definition) is 2. The van der Waals surface area contributed by atoms with Crippen molar-refractivity contribution in [3.8, 4) is 0 Å². The normalized spacial score (nSPS) is 11.3. The number of nitrogens with one attached hydrogen (secondary N) is 1. The van der Waals surface area contributed by atoms with Crippen molar-refractivity contribution in [3.63, 3.8) is 0 Å². The van der Waals surface area contributed by atoms with Crippen molar-refractivity contribution < 1.29 is 8.78 Å². The van der Waals surface area contributed by atoms with Crippen molar-refractivity contribution in [1.82, 2.24) is 4.98 Å². The Morgan fingerprint density at radius 2 is 1.72 bits per heavy atom. The van der Waals surface area contributed by atoms with Gasteiger partial charge in [-0.05, 0) is 31.2 Å². The molecule has 0 aliphatic rings. The fourth-order valence-corrected chi connectivity index (χ4v) is 1.51. The van der Waals surface area contributed by atoms with Crippen LogP contribution in [0.4, 0.5) is 20.3 Å². The van der Waals surface area contributed by atoms with Gasteiger partial charge in [0, 0.05) is 24.4 Å². The van der Waals surface area contributed by atoms with Crippen LogP contribution in [-0.4, -0.2) is 4.98 Å². The highest BCUT2D eigenvalue weighted by Gasteiger charge is 2.24. The number of benzene rings is 1. The highest BCUT2D eigenvalue weighted by Crippen LogP contribution is 2.27. The van der Waals surface area contributed by atoms with Gasteiger partial charge in [0.1, 0.15) is 5.82 Å². The first-order valence-electron chi connectivity index (χ1n) is 5.63. The van der Waals surface area contributed by atoms with Gasteiger partial charge in [-0.2, -0.15) is 0 Å². The van der Waals surface area contributed by atoms with Gasteiger partial charge in [-0.25, -0.2) is 13.8 Å². The molecule has 1 aromatic carbocycles. The quantitative estimate of drug-likeness (QED) is 0.878. The molecule has 0 aliphatic heterocycles. The predicted octanol–water partition coefficient (Wildman–Crippen LogP) is 4.25. The fraction of sp³-hybridized carbons (Fsp3) is 0.214. The van der Waals surface area contributed by atoms with E-state index < -0.39 is 5.92 Å². The Labute approximate surface area is 105 Å². The number of rotatable bonds is 3. The van der Waals surface area contributed by atoms with Crippen LogP contribution in [0.5, 0.6) is 0 Å². The second kappa shape index (κ2) is 4.72. The Morgan fingerprint density at radius 1 is 1.06 bits per heavy atom. The highest BCUT2D eigenvalue weighted by molar-refractivity contribution is 5.56. The minimum absolute atomic E-state index is 0.0862. The molecule has 0 spiro atoms. The molecule has 2 nitrogen and oxygen atoms in total. The molecule has 4 heteroatoms. The largest absolute Gasteiger partial charge is 0.340 e. The summed E-state index contributed by atoms with van der Waals surface area (Å²) in [5, 5.41) is 3.05. The number of nitrogens with zero attached hydrogens (tertiary/aromatic N) is 1. The van der Waals surface area contributed by atoms with Crippen molar-refractivity contribution in [2.75, 3.05) is 5.32 Å². The first-order chi connectivity index (χ1) is 8.45. The molecule has 0 saturated carbocycles. The number of aryl methyl sites for hydroxylation is 1. The van der Waals surface area contributed by atoms with E-state index in [1.165, 1.54) is 12.3 Å². The Kier molecular flexibility index (Phi) is 3.28. The highest BCUT2D eigenvalue weighted by atomic mass is 19.3. The zero-order chi connectivity index (χ0) is 13.2. The molecule has 0 aliphatic carbocycles. The van der Waals surface area contributed by atoms with Gasteiger partial charge in [-0.3, -0.25) is 0 Å². The lowest BCUT2D eigenvalue weighted by Crippen LogP contribution is -2.07. The zero-order valence-electron chi connectivity index (χ0n) is 10.2. The van der Waals surface area contributed by atoms with E-state index in [2.05, 4.69) is 10.3 Å². The van der Waals surface area contributed by atoms with E-state index in [9.17, 15) is 8.78 Å². The molecule has 1 aromatic heterocycles. The van der Waals surface area contributed by atoms with E-state index in [0.717, 1.165) is 18.2 Å². The second-order valence-corrected chi connectivity index (χ2v) is 4.31. The van der Waals surface area contributed by atoms with Gasteiger partial charge in [-0.1, -0.05) is 17.7 Å². The Bertz CT molecular complexity index is 513. The minimum Gasteiger partial charge on any atom is -0.340 e. The van der Waals surface area contributed by atoms with E-state index in [1.807, 2.05) is 31.2 Å². The smallest absolute Gasteiger partial charge is 0.272 e. The van der Waals surface area contributed by atoms with Crippen LogP contribution in [0.1, 0.15) is 18.1 Å². The molecule has 0 unspecified atom stereocenters. The number of aromatic nitrogens is 1. The maximum Gasteiger partial charge on any atom is 0.272 e. The molecule has 1 N–H and O–H groups in total. The average Bonchev–Trinajstić information content (AvgIpc) is 2.32. The van der Waals surface area contributed by atoms with Crippen LogP contribution in [0.3, 0.4) is 0 Å². The van der Waals surface area contributed by atoms with Crippen molar-refractivity contribution in [3.05, 3.63) is 53.7 Å². The molecule has 0 saturated heterocycles. The molecule has 2 aromatic rings. The molecule has 18 heavy (non-hydrogen) atoms. The van der Waals surface area contributed by atoms with E-state index in [1.54, 1.807) is 6.07 Å². The SMILES string of the molecule is Cc1ccc(Nc2ccc(C(C)(F)F)cn2)cc1. The van der Waals surface area contributed by atoms with Crippen LogP contribution in [0.2, 0.25) is 0 Å². The molecule has 0 atom stereocenters. The molecule has 0 amide bonds. The van der Waals surface area contributed by atoms with Crippen LogP contribution < -0.4 is 5.32 Å². The summed E-state index contributed by atoms with van der Waals surface area (Å²) in [4.78, 5) is 3.97. The molecule has 0 fully saturated rings. The lowest BCUT2D eigenvalue weighted by molar-refractivity contribution is 0.0171. The Balaban J connectivity index is 2.13. The second-order valence-electron chi connectivity index (χ2n) is 4.31. The number of halogens is 2. The summed E-state index contributed by atoms with van der Waals surface area (Å²) in [6, 6.07) is 10.7. The van der Waals surface area contributed by atoms with E-state index in [0.29, 0.717) is 5.82 Å². The number of alkyl halides is 2. The summed E-state index contributed by atoms with van der Waals surface area (Å²) >= 11 is 0. The first kappa shape index (κ1) is 12.5. The van der Waals surface area contributed by atoms with E-state index in [4.69, 9.17) is 0 Å². The van der Waals surface area contributed by atoms with Gasteiger partial charge in [0.2, 0.25) is 0 Å². The third-order valence-electron chi connectivity index (χ3n) is 2.59. The van der Waals surface area contributed by atoms with Crippen molar-refractivity contribution in [2.45, 2.75) is 19.8 Å². The van der Waals surface area contributed by atoms with Gasteiger partial charge in [0.25, 0.3) is 5.92 Å². The third kappa shape index (κ3) is 3.03. The maximum absolute atomic E-state index is 13.0. The van der Waals surface area contributed by atoms with Gasteiger partial charge in [0.05, 0.1) is 0 Å². The van der Waals surface area contributed by atoms with Crippen LogP contribution in [0, 0.1) is 6.92 Å². The summed E-state index contributed by atoms with van der Waals surface area (Å²) in [5.74, 6) is -2.30. The van der Waals surface area contributed by atoms with Crippen LogP contribution in [-0.2, 0) is 5.92 Å². The lowest BCUT2D eigenvalue weighted by atomic mass is 10.2. The predicted molar refractivity (Wildman–Crippen MR) is 68.3 cm³/mol. The summed E-state index contributed by atoms with van der Waals surface area (Å²) in [6.07, 6.45) is 1.19.